The summed E-state index contributed by atoms with van der Waals surface area (Å²) in [6.07, 6.45) is -3.64. The van der Waals surface area contributed by atoms with E-state index in [1.54, 1.807) is 24.3 Å². The molecule has 4 aromatic carbocycles. The number of nitrogens with one attached hydrogen (secondary N) is 1. The van der Waals surface area contributed by atoms with Gasteiger partial charge in [0.15, 0.2) is 0 Å². The van der Waals surface area contributed by atoms with Crippen LogP contribution < -0.4 is 10.9 Å². The molecule has 1 aliphatic heterocycles. The Balaban J connectivity index is 1.19. The van der Waals surface area contributed by atoms with Crippen molar-refractivity contribution >= 4 is 50.0 Å². The SMILES string of the molecule is O=C(Cn1nc(C(F)F)c2c1C(F)(F)[C@@H]1C[C@H]21)N[C@@H](Cc1cc(F)cc(F)c1)c1nc2cc(-c3ccc(Cl)cc3Cl)ccc2c(=O)n1-c1ccc(S(=O)(=O)N2CCOCC2)cc1. The van der Waals surface area contributed by atoms with Crippen molar-refractivity contribution in [1.82, 2.24) is 29.0 Å². The number of alkyl halides is 4. The van der Waals surface area contributed by atoms with Gasteiger partial charge in [0.1, 0.15) is 35.4 Å². The van der Waals surface area contributed by atoms with Crippen LogP contribution >= 0.6 is 23.2 Å². The summed E-state index contributed by atoms with van der Waals surface area (Å²) in [6.45, 7) is -0.322. The number of fused-ring (bicyclic) bond motifs is 4. The van der Waals surface area contributed by atoms with Crippen molar-refractivity contribution < 1.29 is 44.3 Å². The number of amides is 1. The number of nitrogens with zero attached hydrogens (tertiary/aromatic N) is 5. The van der Waals surface area contributed by atoms with Crippen molar-refractivity contribution in [2.24, 2.45) is 5.92 Å². The number of hydrogen-bond acceptors (Lipinski definition) is 7. The number of halogens is 8. The number of ether oxygens (including phenoxy) is 1. The van der Waals surface area contributed by atoms with E-state index >= 15 is 8.78 Å². The fourth-order valence-corrected chi connectivity index (χ4v) is 10.3. The lowest BCUT2D eigenvalue weighted by molar-refractivity contribution is -0.123. The van der Waals surface area contributed by atoms with Crippen molar-refractivity contribution in [3.8, 4) is 16.8 Å². The number of aromatic nitrogens is 4. The summed E-state index contributed by atoms with van der Waals surface area (Å²) in [5.74, 6) is -8.76. The van der Waals surface area contributed by atoms with Crippen LogP contribution in [0.3, 0.4) is 0 Å². The van der Waals surface area contributed by atoms with E-state index in [2.05, 4.69) is 10.4 Å². The van der Waals surface area contributed by atoms with E-state index in [9.17, 15) is 35.6 Å². The number of carbonyl (C=O) groups excluding carboxylic acids is 1. The largest absolute Gasteiger partial charge is 0.379 e. The second kappa shape index (κ2) is 15.8. The molecule has 2 aromatic heterocycles. The molecule has 1 amide bonds. The maximum absolute atomic E-state index is 15.5. The Morgan fingerprint density at radius 1 is 0.952 bits per heavy atom. The molecule has 0 spiro atoms. The standard InChI is InChI=1S/C42H32Cl2F6N6O5S/c43-23-2-8-28(32(44)17-23)22-1-7-29-33(16-22)52-40(56(41(29)58)26-3-5-27(6-4-26)62(59,60)54-9-11-61-12-10-54)34(15-21-13-24(45)18-25(46)14-21)51-35(57)20-55-38-36(37(53-55)39(47)48)30-19-31(30)42(38,49)50/h1-8,13-14,16-18,30-31,34,39H,9-12,15,19-20H2,(H,51,57)/t30-,31+,34-/m0/s1. The molecule has 6 aromatic rings. The molecule has 2 fully saturated rings. The van der Waals surface area contributed by atoms with Gasteiger partial charge in [0.2, 0.25) is 15.9 Å². The van der Waals surface area contributed by atoms with E-state index in [1.165, 1.54) is 40.7 Å². The van der Waals surface area contributed by atoms with Crippen molar-refractivity contribution in [1.29, 1.82) is 0 Å². The van der Waals surface area contributed by atoms with Gasteiger partial charge in [-0.3, -0.25) is 18.8 Å². The Kier molecular flexibility index (Phi) is 10.7. The number of morpholine rings is 1. The molecule has 11 nitrogen and oxygen atoms in total. The number of benzene rings is 4. The molecule has 0 radical (unpaired) electrons. The minimum absolute atomic E-state index is 0.00110. The Labute approximate surface area is 358 Å². The lowest BCUT2D eigenvalue weighted by atomic mass is 10.0. The van der Waals surface area contributed by atoms with Crippen LogP contribution in [-0.4, -0.2) is 64.3 Å². The van der Waals surface area contributed by atoms with E-state index in [-0.39, 0.29) is 76.2 Å². The average molecular weight is 918 g/mol. The zero-order chi connectivity index (χ0) is 43.8. The molecule has 0 unspecified atom stereocenters. The highest BCUT2D eigenvalue weighted by atomic mass is 35.5. The summed E-state index contributed by atoms with van der Waals surface area (Å²) in [7, 11) is -3.99. The smallest absolute Gasteiger partial charge is 0.293 e. The molecule has 9 rings (SSSR count). The van der Waals surface area contributed by atoms with Gasteiger partial charge >= 0.3 is 0 Å². The van der Waals surface area contributed by atoms with Crippen LogP contribution in [0.25, 0.3) is 27.7 Å². The summed E-state index contributed by atoms with van der Waals surface area (Å²) in [4.78, 5) is 33.5. The van der Waals surface area contributed by atoms with Crippen molar-refractivity contribution in [3.63, 3.8) is 0 Å². The summed E-state index contributed by atoms with van der Waals surface area (Å²) in [5, 5.41) is 7.08. The van der Waals surface area contributed by atoms with Gasteiger partial charge in [-0.05, 0) is 84.1 Å². The lowest BCUT2D eigenvalue weighted by Gasteiger charge is -2.26. The van der Waals surface area contributed by atoms with Gasteiger partial charge in [0.25, 0.3) is 17.9 Å². The fraction of sp³-hybridized carbons (Fsp3) is 0.286. The highest BCUT2D eigenvalue weighted by Gasteiger charge is 2.67. The number of hydrogen-bond donors (Lipinski definition) is 1. The van der Waals surface area contributed by atoms with Crippen LogP contribution in [0.1, 0.15) is 53.1 Å². The summed E-state index contributed by atoms with van der Waals surface area (Å²) in [5.41, 5.74) is -1.47. The first-order valence-corrected chi connectivity index (χ1v) is 21.4. The highest BCUT2D eigenvalue weighted by Crippen LogP contribution is 2.68. The van der Waals surface area contributed by atoms with E-state index in [0.717, 1.165) is 16.7 Å². The molecular formula is C42H32Cl2F6N6O5S. The van der Waals surface area contributed by atoms with Gasteiger partial charge in [-0.15, -0.1) is 0 Å². The molecular weight excluding hydrogens is 885 g/mol. The third-order valence-corrected chi connectivity index (χ3v) is 13.8. The first-order chi connectivity index (χ1) is 29.5. The van der Waals surface area contributed by atoms with Crippen LogP contribution in [0, 0.1) is 17.6 Å². The van der Waals surface area contributed by atoms with Gasteiger partial charge in [-0.1, -0.05) is 35.3 Å². The quantitative estimate of drug-likeness (QED) is 0.130. The normalized spacial score (nSPS) is 18.8. The molecule has 3 atom stereocenters. The van der Waals surface area contributed by atoms with Crippen molar-refractivity contribution in [2.75, 3.05) is 26.3 Å². The predicted octanol–water partition coefficient (Wildman–Crippen LogP) is 8.10. The second-order valence-electron chi connectivity index (χ2n) is 15.3. The van der Waals surface area contributed by atoms with Crippen LogP contribution in [0.15, 0.2) is 88.6 Å². The Bertz CT molecular complexity index is 2940. The van der Waals surface area contributed by atoms with Crippen LogP contribution in [0.5, 0.6) is 0 Å². The lowest BCUT2D eigenvalue weighted by Crippen LogP contribution is -2.40. The molecule has 3 aliphatic rings. The van der Waals surface area contributed by atoms with Crippen LogP contribution in [0.4, 0.5) is 26.3 Å². The first kappa shape index (κ1) is 42.1. The molecule has 1 saturated carbocycles. The van der Waals surface area contributed by atoms with E-state index in [0.29, 0.717) is 26.9 Å². The number of rotatable bonds is 11. The Hall–Kier alpha value is -5.27. The zero-order valence-electron chi connectivity index (χ0n) is 32.0. The maximum atomic E-state index is 15.5. The van der Waals surface area contributed by atoms with E-state index in [1.807, 2.05) is 0 Å². The van der Waals surface area contributed by atoms with Crippen LogP contribution in [-0.2, 0) is 38.4 Å². The second-order valence-corrected chi connectivity index (χ2v) is 18.0. The highest BCUT2D eigenvalue weighted by molar-refractivity contribution is 7.89. The van der Waals surface area contributed by atoms with E-state index < -0.39 is 87.7 Å². The van der Waals surface area contributed by atoms with Crippen molar-refractivity contribution in [2.45, 2.75) is 48.6 Å². The van der Waals surface area contributed by atoms with Gasteiger partial charge in [0, 0.05) is 52.7 Å². The minimum Gasteiger partial charge on any atom is -0.379 e. The molecule has 1 N–H and O–H groups in total. The predicted molar refractivity (Wildman–Crippen MR) is 215 cm³/mol. The third-order valence-electron chi connectivity index (χ3n) is 11.3. The third kappa shape index (κ3) is 7.54. The monoisotopic (exact) mass is 916 g/mol. The van der Waals surface area contributed by atoms with E-state index in [4.69, 9.17) is 32.9 Å². The average Bonchev–Trinajstić information content (AvgIpc) is 3.88. The van der Waals surface area contributed by atoms with Gasteiger partial charge < -0.3 is 10.1 Å². The molecule has 0 bridgehead atoms. The summed E-state index contributed by atoms with van der Waals surface area (Å²) in [6, 6.07) is 15.8. The Morgan fingerprint density at radius 3 is 2.34 bits per heavy atom. The molecule has 322 valence electrons. The summed E-state index contributed by atoms with van der Waals surface area (Å²) < 4.78 is 124. The van der Waals surface area contributed by atoms with Crippen molar-refractivity contribution in [3.05, 3.63) is 139 Å². The fourth-order valence-electron chi connectivity index (χ4n) is 8.41. The first-order valence-electron chi connectivity index (χ1n) is 19.2. The number of carbonyl (C=O) groups is 1. The minimum atomic E-state index is -3.99. The van der Waals surface area contributed by atoms with Gasteiger partial charge in [-0.25, -0.2) is 31.0 Å². The molecule has 3 heterocycles. The van der Waals surface area contributed by atoms with Crippen LogP contribution in [0.2, 0.25) is 10.0 Å². The molecule has 62 heavy (non-hydrogen) atoms. The van der Waals surface area contributed by atoms with Gasteiger partial charge in [0.05, 0.1) is 40.7 Å². The molecule has 20 heteroatoms. The number of sulfonamides is 1. The molecule has 1 saturated heterocycles. The van der Waals surface area contributed by atoms with Gasteiger partial charge in [-0.2, -0.15) is 18.2 Å². The topological polar surface area (TPSA) is 128 Å². The summed E-state index contributed by atoms with van der Waals surface area (Å²) >= 11 is 12.7. The Morgan fingerprint density at radius 2 is 1.66 bits per heavy atom. The maximum Gasteiger partial charge on any atom is 0.293 e. The zero-order valence-corrected chi connectivity index (χ0v) is 34.3. The molecule has 2 aliphatic carbocycles.